The first-order chi connectivity index (χ1) is 7.76. The molecule has 1 aromatic heterocycles. The fourth-order valence-corrected chi connectivity index (χ4v) is 2.00. The predicted octanol–water partition coefficient (Wildman–Crippen LogP) is 0.940. The van der Waals surface area contributed by atoms with Crippen LogP contribution in [-0.4, -0.2) is 24.0 Å². The Morgan fingerprint density at radius 3 is 2.62 bits per heavy atom. The SMILES string of the molecule is NCC1(CNC(=O)c2ccncc2)CCC1. The van der Waals surface area contributed by atoms with Crippen LogP contribution in [0.2, 0.25) is 0 Å². The molecule has 1 heterocycles. The molecular weight excluding hydrogens is 202 g/mol. The molecule has 1 aliphatic rings. The molecule has 0 atom stereocenters. The highest BCUT2D eigenvalue weighted by atomic mass is 16.1. The van der Waals surface area contributed by atoms with Gasteiger partial charge in [0.1, 0.15) is 0 Å². The fourth-order valence-electron chi connectivity index (χ4n) is 2.00. The zero-order valence-electron chi connectivity index (χ0n) is 9.28. The maximum absolute atomic E-state index is 11.8. The van der Waals surface area contributed by atoms with Gasteiger partial charge in [-0.3, -0.25) is 9.78 Å². The minimum Gasteiger partial charge on any atom is -0.351 e. The largest absolute Gasteiger partial charge is 0.351 e. The molecule has 0 unspecified atom stereocenters. The number of nitrogens with one attached hydrogen (secondary N) is 1. The van der Waals surface area contributed by atoms with E-state index in [0.717, 1.165) is 12.8 Å². The van der Waals surface area contributed by atoms with Crippen molar-refractivity contribution in [2.75, 3.05) is 13.1 Å². The first kappa shape index (κ1) is 11.1. The van der Waals surface area contributed by atoms with E-state index in [4.69, 9.17) is 5.73 Å². The molecule has 1 aliphatic carbocycles. The van der Waals surface area contributed by atoms with Gasteiger partial charge in [-0.25, -0.2) is 0 Å². The van der Waals surface area contributed by atoms with E-state index in [1.54, 1.807) is 24.5 Å². The Kier molecular flexibility index (Phi) is 3.19. The molecule has 1 saturated carbocycles. The molecule has 1 amide bonds. The Bertz CT molecular complexity index is 354. The van der Waals surface area contributed by atoms with E-state index in [-0.39, 0.29) is 11.3 Å². The Balaban J connectivity index is 1.89. The van der Waals surface area contributed by atoms with Crippen LogP contribution in [0.25, 0.3) is 0 Å². The Morgan fingerprint density at radius 1 is 1.44 bits per heavy atom. The summed E-state index contributed by atoms with van der Waals surface area (Å²) in [5.74, 6) is -0.0397. The first-order valence-corrected chi connectivity index (χ1v) is 5.64. The lowest BCUT2D eigenvalue weighted by atomic mass is 9.69. The Morgan fingerprint density at radius 2 is 2.12 bits per heavy atom. The van der Waals surface area contributed by atoms with Crippen molar-refractivity contribution in [3.05, 3.63) is 30.1 Å². The summed E-state index contributed by atoms with van der Waals surface area (Å²) in [5, 5.41) is 2.95. The van der Waals surface area contributed by atoms with E-state index in [1.807, 2.05) is 0 Å². The van der Waals surface area contributed by atoms with Gasteiger partial charge in [0.05, 0.1) is 0 Å². The molecular formula is C12H17N3O. The number of aromatic nitrogens is 1. The van der Waals surface area contributed by atoms with Crippen molar-refractivity contribution in [1.29, 1.82) is 0 Å². The highest BCUT2D eigenvalue weighted by Gasteiger charge is 2.35. The average Bonchev–Trinajstić information content (AvgIpc) is 2.29. The third-order valence-electron chi connectivity index (χ3n) is 3.41. The quantitative estimate of drug-likeness (QED) is 0.792. The predicted molar refractivity (Wildman–Crippen MR) is 61.9 cm³/mol. The van der Waals surface area contributed by atoms with Crippen molar-refractivity contribution in [2.45, 2.75) is 19.3 Å². The minimum atomic E-state index is -0.0397. The summed E-state index contributed by atoms with van der Waals surface area (Å²) in [5.41, 5.74) is 6.54. The van der Waals surface area contributed by atoms with Crippen LogP contribution in [-0.2, 0) is 0 Å². The van der Waals surface area contributed by atoms with Gasteiger partial charge >= 0.3 is 0 Å². The van der Waals surface area contributed by atoms with E-state index in [2.05, 4.69) is 10.3 Å². The van der Waals surface area contributed by atoms with Gasteiger partial charge in [0.15, 0.2) is 0 Å². The second kappa shape index (κ2) is 4.61. The minimum absolute atomic E-state index is 0.0397. The molecule has 4 heteroatoms. The summed E-state index contributed by atoms with van der Waals surface area (Å²) < 4.78 is 0. The van der Waals surface area contributed by atoms with Gasteiger partial charge in [-0.2, -0.15) is 0 Å². The van der Waals surface area contributed by atoms with Crippen LogP contribution in [0.4, 0.5) is 0 Å². The van der Waals surface area contributed by atoms with Crippen LogP contribution in [0, 0.1) is 5.41 Å². The molecule has 0 spiro atoms. The number of pyridine rings is 1. The molecule has 0 aliphatic heterocycles. The lowest BCUT2D eigenvalue weighted by molar-refractivity contribution is 0.0876. The van der Waals surface area contributed by atoms with Crippen molar-refractivity contribution >= 4 is 5.91 Å². The molecule has 0 bridgehead atoms. The van der Waals surface area contributed by atoms with Gasteiger partial charge in [-0.15, -0.1) is 0 Å². The van der Waals surface area contributed by atoms with Crippen LogP contribution in [0.3, 0.4) is 0 Å². The van der Waals surface area contributed by atoms with Crippen molar-refractivity contribution in [3.63, 3.8) is 0 Å². The van der Waals surface area contributed by atoms with Gasteiger partial charge in [-0.05, 0) is 36.9 Å². The van der Waals surface area contributed by atoms with Crippen LogP contribution in [0.5, 0.6) is 0 Å². The van der Waals surface area contributed by atoms with Crippen LogP contribution >= 0.6 is 0 Å². The lowest BCUT2D eigenvalue weighted by Gasteiger charge is -2.41. The van der Waals surface area contributed by atoms with E-state index in [1.165, 1.54) is 6.42 Å². The van der Waals surface area contributed by atoms with Crippen LogP contribution in [0.1, 0.15) is 29.6 Å². The number of nitrogens with two attached hydrogens (primary N) is 1. The molecule has 1 aromatic rings. The lowest BCUT2D eigenvalue weighted by Crippen LogP contribution is -2.46. The molecule has 0 radical (unpaired) electrons. The van der Waals surface area contributed by atoms with Crippen molar-refractivity contribution < 1.29 is 4.79 Å². The highest BCUT2D eigenvalue weighted by Crippen LogP contribution is 2.39. The number of carbonyl (C=O) groups excluding carboxylic acids is 1. The zero-order chi connectivity index (χ0) is 11.4. The van der Waals surface area contributed by atoms with E-state index < -0.39 is 0 Å². The van der Waals surface area contributed by atoms with E-state index in [0.29, 0.717) is 18.7 Å². The fraction of sp³-hybridized carbons (Fsp3) is 0.500. The summed E-state index contributed by atoms with van der Waals surface area (Å²) in [6, 6.07) is 3.43. The Labute approximate surface area is 95.3 Å². The zero-order valence-corrected chi connectivity index (χ0v) is 9.28. The average molecular weight is 219 g/mol. The second-order valence-corrected chi connectivity index (χ2v) is 4.48. The van der Waals surface area contributed by atoms with Gasteiger partial charge in [-0.1, -0.05) is 6.42 Å². The molecule has 2 rings (SSSR count). The maximum Gasteiger partial charge on any atom is 0.251 e. The monoisotopic (exact) mass is 219 g/mol. The topological polar surface area (TPSA) is 68.0 Å². The van der Waals surface area contributed by atoms with E-state index in [9.17, 15) is 4.79 Å². The van der Waals surface area contributed by atoms with Gasteiger partial charge in [0, 0.05) is 24.5 Å². The van der Waals surface area contributed by atoms with Gasteiger partial charge in [0.2, 0.25) is 0 Å². The molecule has 4 nitrogen and oxygen atoms in total. The summed E-state index contributed by atoms with van der Waals surface area (Å²) in [6.45, 7) is 1.34. The number of hydrogen-bond donors (Lipinski definition) is 2. The number of hydrogen-bond acceptors (Lipinski definition) is 3. The molecule has 0 saturated heterocycles. The summed E-state index contributed by atoms with van der Waals surface area (Å²) in [4.78, 5) is 15.6. The second-order valence-electron chi connectivity index (χ2n) is 4.48. The van der Waals surface area contributed by atoms with Gasteiger partial charge in [0.25, 0.3) is 5.91 Å². The van der Waals surface area contributed by atoms with Crippen LogP contribution in [0.15, 0.2) is 24.5 Å². The smallest absolute Gasteiger partial charge is 0.251 e. The van der Waals surface area contributed by atoms with Crippen molar-refractivity contribution in [1.82, 2.24) is 10.3 Å². The standard InChI is InChI=1S/C12H17N3O/c13-8-12(4-1-5-12)9-15-11(16)10-2-6-14-7-3-10/h2-3,6-7H,1,4-5,8-9,13H2,(H,15,16). The van der Waals surface area contributed by atoms with Gasteiger partial charge < -0.3 is 11.1 Å². The molecule has 0 aromatic carbocycles. The highest BCUT2D eigenvalue weighted by molar-refractivity contribution is 5.93. The van der Waals surface area contributed by atoms with Crippen molar-refractivity contribution in [2.24, 2.45) is 11.1 Å². The number of rotatable bonds is 4. The summed E-state index contributed by atoms with van der Waals surface area (Å²) in [7, 11) is 0. The number of nitrogens with zero attached hydrogens (tertiary/aromatic N) is 1. The number of amides is 1. The number of carbonyl (C=O) groups is 1. The Hall–Kier alpha value is -1.42. The normalized spacial score (nSPS) is 17.6. The van der Waals surface area contributed by atoms with Crippen molar-refractivity contribution in [3.8, 4) is 0 Å². The molecule has 16 heavy (non-hydrogen) atoms. The summed E-state index contributed by atoms with van der Waals surface area (Å²) in [6.07, 6.45) is 6.72. The third-order valence-corrected chi connectivity index (χ3v) is 3.41. The first-order valence-electron chi connectivity index (χ1n) is 5.64. The maximum atomic E-state index is 11.8. The van der Waals surface area contributed by atoms with Crippen LogP contribution < -0.4 is 11.1 Å². The third kappa shape index (κ3) is 2.22. The van der Waals surface area contributed by atoms with E-state index >= 15 is 0 Å². The molecule has 86 valence electrons. The summed E-state index contributed by atoms with van der Waals surface area (Å²) >= 11 is 0. The molecule has 1 fully saturated rings. The molecule has 3 N–H and O–H groups in total.